The van der Waals surface area contributed by atoms with E-state index in [1.54, 1.807) is 0 Å². The zero-order valence-corrected chi connectivity index (χ0v) is 13.7. The summed E-state index contributed by atoms with van der Waals surface area (Å²) >= 11 is 3.57. The molecule has 1 heterocycles. The highest BCUT2D eigenvalue weighted by molar-refractivity contribution is 9.09. The lowest BCUT2D eigenvalue weighted by Gasteiger charge is -2.30. The molecule has 1 amide bonds. The monoisotopic (exact) mass is 339 g/mol. The number of benzene rings is 1. The van der Waals surface area contributed by atoms with Crippen molar-refractivity contribution in [3.05, 3.63) is 29.8 Å². The van der Waals surface area contributed by atoms with Gasteiger partial charge in [0.25, 0.3) is 5.91 Å². The molecule has 0 spiro atoms. The lowest BCUT2D eigenvalue weighted by Crippen LogP contribution is -2.44. The molecule has 4 heteroatoms. The van der Waals surface area contributed by atoms with E-state index in [0.717, 1.165) is 29.5 Å². The van der Waals surface area contributed by atoms with E-state index in [9.17, 15) is 4.79 Å². The summed E-state index contributed by atoms with van der Waals surface area (Å²) in [7, 11) is 0. The molecule has 0 aromatic heterocycles. The van der Waals surface area contributed by atoms with Crippen LogP contribution in [0.4, 0.5) is 0 Å². The van der Waals surface area contributed by atoms with E-state index in [1.807, 2.05) is 24.3 Å². The van der Waals surface area contributed by atoms with E-state index in [4.69, 9.17) is 4.74 Å². The van der Waals surface area contributed by atoms with Gasteiger partial charge in [0.2, 0.25) is 0 Å². The van der Waals surface area contributed by atoms with Gasteiger partial charge in [-0.3, -0.25) is 4.79 Å². The van der Waals surface area contributed by atoms with Gasteiger partial charge in [0.15, 0.2) is 6.10 Å². The number of alkyl halides is 1. The number of ether oxygens (including phenoxy) is 1. The number of hydrogen-bond acceptors (Lipinski definition) is 2. The topological polar surface area (TPSA) is 38.3 Å². The zero-order valence-electron chi connectivity index (χ0n) is 12.1. The van der Waals surface area contributed by atoms with Crippen LogP contribution in [-0.2, 0) is 11.2 Å². The molecule has 0 bridgehead atoms. The van der Waals surface area contributed by atoms with Gasteiger partial charge in [-0.05, 0) is 29.9 Å². The molecule has 1 aromatic rings. The minimum Gasteiger partial charge on any atom is -0.480 e. The Kier molecular flexibility index (Phi) is 5.08. The minimum atomic E-state index is -0.380. The second-order valence-electron chi connectivity index (χ2n) is 5.48. The first-order valence-corrected chi connectivity index (χ1v) is 8.34. The first kappa shape index (κ1) is 15.4. The number of carbonyl (C=O) groups excluding carboxylic acids is 1. The van der Waals surface area contributed by atoms with Crippen LogP contribution in [-0.4, -0.2) is 23.9 Å². The maximum atomic E-state index is 12.3. The second kappa shape index (κ2) is 6.61. The number of para-hydroxylation sites is 1. The standard InChI is InChI=1S/C16H22BrNO2/c1-3-16(4-2,10-17)11-18-15(19)14-9-12-7-5-6-8-13(12)20-14/h5-8,14H,3-4,9-11H2,1-2H3,(H,18,19). The van der Waals surface area contributed by atoms with E-state index in [0.29, 0.717) is 13.0 Å². The Morgan fingerprint density at radius 3 is 2.70 bits per heavy atom. The van der Waals surface area contributed by atoms with Gasteiger partial charge in [-0.15, -0.1) is 0 Å². The van der Waals surface area contributed by atoms with Crippen LogP contribution in [0.1, 0.15) is 32.3 Å². The van der Waals surface area contributed by atoms with Gasteiger partial charge in [-0.25, -0.2) is 0 Å². The van der Waals surface area contributed by atoms with Crippen molar-refractivity contribution in [1.29, 1.82) is 0 Å². The Hall–Kier alpha value is -1.03. The molecular formula is C16H22BrNO2. The van der Waals surface area contributed by atoms with Crippen molar-refractivity contribution in [2.24, 2.45) is 5.41 Å². The highest BCUT2D eigenvalue weighted by Gasteiger charge is 2.31. The number of fused-ring (bicyclic) bond motifs is 1. The summed E-state index contributed by atoms with van der Waals surface area (Å²) < 4.78 is 5.71. The third-order valence-electron chi connectivity index (χ3n) is 4.36. The number of carbonyl (C=O) groups is 1. The molecule has 0 saturated heterocycles. The number of rotatable bonds is 6. The van der Waals surface area contributed by atoms with Gasteiger partial charge in [-0.1, -0.05) is 48.0 Å². The predicted molar refractivity (Wildman–Crippen MR) is 84.4 cm³/mol. The molecule has 0 radical (unpaired) electrons. The Labute approximate surface area is 129 Å². The van der Waals surface area contributed by atoms with Crippen LogP contribution in [0.2, 0.25) is 0 Å². The Morgan fingerprint density at radius 1 is 1.40 bits per heavy atom. The fourth-order valence-corrected chi connectivity index (χ4v) is 3.44. The van der Waals surface area contributed by atoms with Crippen LogP contribution in [0.3, 0.4) is 0 Å². The van der Waals surface area contributed by atoms with Crippen LogP contribution in [0, 0.1) is 5.41 Å². The molecule has 1 N–H and O–H groups in total. The lowest BCUT2D eigenvalue weighted by atomic mass is 9.84. The van der Waals surface area contributed by atoms with Crippen LogP contribution in [0.25, 0.3) is 0 Å². The summed E-state index contributed by atoms with van der Waals surface area (Å²) in [6.07, 6.45) is 2.37. The van der Waals surface area contributed by atoms with Gasteiger partial charge >= 0.3 is 0 Å². The molecule has 2 rings (SSSR count). The van der Waals surface area contributed by atoms with Crippen molar-refractivity contribution in [3.63, 3.8) is 0 Å². The number of amides is 1. The summed E-state index contributed by atoms with van der Waals surface area (Å²) in [6.45, 7) is 5.03. The van der Waals surface area contributed by atoms with Gasteiger partial charge < -0.3 is 10.1 Å². The average molecular weight is 340 g/mol. The highest BCUT2D eigenvalue weighted by Crippen LogP contribution is 2.30. The van der Waals surface area contributed by atoms with E-state index < -0.39 is 0 Å². The third kappa shape index (κ3) is 3.17. The Morgan fingerprint density at radius 2 is 2.10 bits per heavy atom. The molecular weight excluding hydrogens is 318 g/mol. The van der Waals surface area contributed by atoms with Crippen molar-refractivity contribution < 1.29 is 9.53 Å². The van der Waals surface area contributed by atoms with Crippen molar-refractivity contribution in [3.8, 4) is 5.75 Å². The van der Waals surface area contributed by atoms with Crippen molar-refractivity contribution in [2.75, 3.05) is 11.9 Å². The van der Waals surface area contributed by atoms with Crippen molar-refractivity contribution >= 4 is 21.8 Å². The molecule has 0 saturated carbocycles. The highest BCUT2D eigenvalue weighted by atomic mass is 79.9. The summed E-state index contributed by atoms with van der Waals surface area (Å²) in [5, 5.41) is 3.96. The Balaban J connectivity index is 1.91. The molecule has 20 heavy (non-hydrogen) atoms. The van der Waals surface area contributed by atoms with E-state index in [-0.39, 0.29) is 17.4 Å². The molecule has 0 aliphatic carbocycles. The first-order valence-electron chi connectivity index (χ1n) is 7.22. The maximum absolute atomic E-state index is 12.3. The van der Waals surface area contributed by atoms with Gasteiger partial charge in [0.05, 0.1) is 0 Å². The maximum Gasteiger partial charge on any atom is 0.261 e. The van der Waals surface area contributed by atoms with Gasteiger partial charge in [0.1, 0.15) is 5.75 Å². The summed E-state index contributed by atoms with van der Waals surface area (Å²) in [6, 6.07) is 7.85. The lowest BCUT2D eigenvalue weighted by molar-refractivity contribution is -0.127. The molecule has 1 aromatic carbocycles. The fraction of sp³-hybridized carbons (Fsp3) is 0.562. The van der Waals surface area contributed by atoms with E-state index >= 15 is 0 Å². The average Bonchev–Trinajstić information content (AvgIpc) is 2.93. The molecule has 3 nitrogen and oxygen atoms in total. The third-order valence-corrected chi connectivity index (χ3v) is 5.55. The fourth-order valence-electron chi connectivity index (χ4n) is 2.45. The summed E-state index contributed by atoms with van der Waals surface area (Å²) in [4.78, 5) is 12.3. The number of hydrogen-bond donors (Lipinski definition) is 1. The van der Waals surface area contributed by atoms with Crippen LogP contribution >= 0.6 is 15.9 Å². The predicted octanol–water partition coefficient (Wildman–Crippen LogP) is 3.31. The van der Waals surface area contributed by atoms with Crippen LogP contribution in [0.15, 0.2) is 24.3 Å². The van der Waals surface area contributed by atoms with Gasteiger partial charge in [0, 0.05) is 18.3 Å². The van der Waals surface area contributed by atoms with E-state index in [1.165, 1.54) is 0 Å². The largest absolute Gasteiger partial charge is 0.480 e. The molecule has 1 aliphatic heterocycles. The number of halogens is 1. The number of nitrogens with one attached hydrogen (secondary N) is 1. The normalized spacial score (nSPS) is 17.4. The zero-order chi connectivity index (χ0) is 14.6. The smallest absolute Gasteiger partial charge is 0.261 e. The van der Waals surface area contributed by atoms with Crippen LogP contribution in [0.5, 0.6) is 5.75 Å². The molecule has 1 unspecified atom stereocenters. The Bertz CT molecular complexity index is 438. The molecule has 110 valence electrons. The minimum absolute atomic E-state index is 0.00609. The van der Waals surface area contributed by atoms with Crippen molar-refractivity contribution in [2.45, 2.75) is 39.2 Å². The quantitative estimate of drug-likeness (QED) is 0.807. The molecule has 1 aliphatic rings. The summed E-state index contributed by atoms with van der Waals surface area (Å²) in [5.41, 5.74) is 1.26. The summed E-state index contributed by atoms with van der Waals surface area (Å²) in [5.74, 6) is 0.832. The van der Waals surface area contributed by atoms with Crippen LogP contribution < -0.4 is 10.1 Å². The van der Waals surface area contributed by atoms with Crippen molar-refractivity contribution in [1.82, 2.24) is 5.32 Å². The molecule has 1 atom stereocenters. The van der Waals surface area contributed by atoms with Gasteiger partial charge in [-0.2, -0.15) is 0 Å². The van der Waals surface area contributed by atoms with E-state index in [2.05, 4.69) is 35.1 Å². The molecule has 0 fully saturated rings. The SMILES string of the molecule is CCC(CC)(CBr)CNC(=O)C1Cc2ccccc2O1. The second-order valence-corrected chi connectivity index (χ2v) is 6.04. The first-order chi connectivity index (χ1) is 9.64.